The fraction of sp³-hybridized carbons (Fsp3) is 0.120. The van der Waals surface area contributed by atoms with E-state index in [1.165, 1.54) is 18.2 Å². The number of rotatable bonds is 4. The molecule has 0 fully saturated rings. The van der Waals surface area contributed by atoms with E-state index < -0.39 is 11.4 Å². The zero-order chi connectivity index (χ0) is 23.0. The third-order valence-electron chi connectivity index (χ3n) is 5.16. The first kappa shape index (κ1) is 21.9. The standard InChI is InChI=1S/C25H18Cl2O5/c1-13-10-19-21(11-14(13)2)31-23(15-4-7-17(30-3)8-5-15)24(22(19)28)32-25(29)18-9-6-16(26)12-20(18)27/h4-12H,1-3H3. The van der Waals surface area contributed by atoms with Crippen molar-refractivity contribution in [3.05, 3.63) is 91.6 Å². The van der Waals surface area contributed by atoms with Crippen molar-refractivity contribution in [2.24, 2.45) is 0 Å². The molecule has 0 bridgehead atoms. The van der Waals surface area contributed by atoms with Crippen LogP contribution in [0.1, 0.15) is 21.5 Å². The molecule has 1 aromatic heterocycles. The van der Waals surface area contributed by atoms with Gasteiger partial charge in [-0.3, -0.25) is 4.79 Å². The molecule has 0 aliphatic rings. The molecule has 0 radical (unpaired) electrons. The zero-order valence-corrected chi connectivity index (χ0v) is 19.0. The summed E-state index contributed by atoms with van der Waals surface area (Å²) in [5, 5.41) is 0.807. The number of hydrogen-bond acceptors (Lipinski definition) is 5. The Morgan fingerprint density at radius 1 is 0.938 bits per heavy atom. The molecular formula is C25H18Cl2O5. The lowest BCUT2D eigenvalue weighted by atomic mass is 10.0. The van der Waals surface area contributed by atoms with Gasteiger partial charge in [-0.05, 0) is 79.6 Å². The van der Waals surface area contributed by atoms with Gasteiger partial charge in [0.2, 0.25) is 11.2 Å². The van der Waals surface area contributed by atoms with Crippen LogP contribution in [0.4, 0.5) is 0 Å². The second kappa shape index (κ2) is 8.69. The molecule has 0 saturated carbocycles. The van der Waals surface area contributed by atoms with E-state index in [0.29, 0.717) is 27.3 Å². The smallest absolute Gasteiger partial charge is 0.345 e. The summed E-state index contributed by atoms with van der Waals surface area (Å²) in [6, 6.07) is 14.8. The number of ether oxygens (including phenoxy) is 2. The van der Waals surface area contributed by atoms with Crippen LogP contribution in [0.15, 0.2) is 63.8 Å². The molecule has 0 aliphatic heterocycles. The Morgan fingerprint density at radius 3 is 2.28 bits per heavy atom. The second-order valence-corrected chi connectivity index (χ2v) is 8.11. The van der Waals surface area contributed by atoms with Gasteiger partial charge in [0, 0.05) is 10.6 Å². The summed E-state index contributed by atoms with van der Waals surface area (Å²) in [6.07, 6.45) is 0. The fourth-order valence-corrected chi connectivity index (χ4v) is 3.75. The van der Waals surface area contributed by atoms with E-state index in [9.17, 15) is 9.59 Å². The summed E-state index contributed by atoms with van der Waals surface area (Å²) in [4.78, 5) is 26.3. The highest BCUT2D eigenvalue weighted by Crippen LogP contribution is 2.33. The van der Waals surface area contributed by atoms with Gasteiger partial charge in [0.15, 0.2) is 5.76 Å². The Morgan fingerprint density at radius 2 is 1.62 bits per heavy atom. The molecule has 5 nitrogen and oxygen atoms in total. The number of aryl methyl sites for hydroxylation is 2. The molecule has 0 spiro atoms. The molecule has 0 N–H and O–H groups in total. The summed E-state index contributed by atoms with van der Waals surface area (Å²) in [5.74, 6) is -0.250. The Labute approximate surface area is 194 Å². The Bertz CT molecular complexity index is 1410. The first-order chi connectivity index (χ1) is 15.3. The third-order valence-corrected chi connectivity index (χ3v) is 5.71. The lowest BCUT2D eigenvalue weighted by molar-refractivity contribution is 0.0731. The van der Waals surface area contributed by atoms with E-state index in [4.69, 9.17) is 37.1 Å². The predicted molar refractivity (Wildman–Crippen MR) is 125 cm³/mol. The monoisotopic (exact) mass is 468 g/mol. The van der Waals surface area contributed by atoms with E-state index >= 15 is 0 Å². The molecule has 0 aliphatic carbocycles. The maximum atomic E-state index is 13.4. The topological polar surface area (TPSA) is 65.7 Å². The van der Waals surface area contributed by atoms with Crippen LogP contribution in [-0.2, 0) is 0 Å². The minimum absolute atomic E-state index is 0.0799. The number of carbonyl (C=O) groups is 1. The van der Waals surface area contributed by atoms with Crippen molar-refractivity contribution >= 4 is 40.1 Å². The van der Waals surface area contributed by atoms with Crippen LogP contribution in [0.25, 0.3) is 22.3 Å². The van der Waals surface area contributed by atoms with Crippen LogP contribution < -0.4 is 14.9 Å². The van der Waals surface area contributed by atoms with Crippen molar-refractivity contribution in [3.63, 3.8) is 0 Å². The maximum absolute atomic E-state index is 13.4. The number of methoxy groups -OCH3 is 1. The van der Waals surface area contributed by atoms with Crippen molar-refractivity contribution in [2.45, 2.75) is 13.8 Å². The maximum Gasteiger partial charge on any atom is 0.345 e. The fourth-order valence-electron chi connectivity index (χ4n) is 3.26. The summed E-state index contributed by atoms with van der Waals surface area (Å²) in [5.41, 5.74) is 2.45. The summed E-state index contributed by atoms with van der Waals surface area (Å²) >= 11 is 12.1. The van der Waals surface area contributed by atoms with E-state index in [1.807, 2.05) is 13.8 Å². The summed E-state index contributed by atoms with van der Waals surface area (Å²) < 4.78 is 16.9. The van der Waals surface area contributed by atoms with Gasteiger partial charge in [-0.2, -0.15) is 0 Å². The largest absolute Gasteiger partial charge is 0.497 e. The molecule has 0 atom stereocenters. The second-order valence-electron chi connectivity index (χ2n) is 7.26. The normalized spacial score (nSPS) is 10.9. The average molecular weight is 469 g/mol. The average Bonchev–Trinajstić information content (AvgIpc) is 2.77. The van der Waals surface area contributed by atoms with Crippen LogP contribution in [-0.4, -0.2) is 13.1 Å². The van der Waals surface area contributed by atoms with Gasteiger partial charge >= 0.3 is 5.97 Å². The van der Waals surface area contributed by atoms with Gasteiger partial charge in [-0.1, -0.05) is 23.2 Å². The highest BCUT2D eigenvalue weighted by molar-refractivity contribution is 6.36. The van der Waals surface area contributed by atoms with Crippen molar-refractivity contribution < 1.29 is 18.7 Å². The van der Waals surface area contributed by atoms with Gasteiger partial charge in [0.1, 0.15) is 11.3 Å². The molecule has 0 unspecified atom stereocenters. The first-order valence-corrected chi connectivity index (χ1v) is 10.4. The van der Waals surface area contributed by atoms with Gasteiger partial charge < -0.3 is 13.9 Å². The van der Waals surface area contributed by atoms with E-state index in [2.05, 4.69) is 0 Å². The van der Waals surface area contributed by atoms with Crippen molar-refractivity contribution in [1.29, 1.82) is 0 Å². The predicted octanol–water partition coefficient (Wildman–Crippen LogP) is 6.61. The third kappa shape index (κ3) is 4.09. The number of fused-ring (bicyclic) bond motifs is 1. The van der Waals surface area contributed by atoms with Crippen molar-refractivity contribution in [3.8, 4) is 22.8 Å². The molecule has 162 valence electrons. The Hall–Kier alpha value is -3.28. The molecule has 0 amide bonds. The van der Waals surface area contributed by atoms with Crippen molar-refractivity contribution in [2.75, 3.05) is 7.11 Å². The van der Waals surface area contributed by atoms with Crippen molar-refractivity contribution in [1.82, 2.24) is 0 Å². The quantitative estimate of drug-likeness (QED) is 0.315. The molecule has 4 aromatic rings. The molecule has 4 rings (SSSR count). The molecule has 1 heterocycles. The van der Waals surface area contributed by atoms with Crippen LogP contribution in [0.5, 0.6) is 11.5 Å². The number of hydrogen-bond donors (Lipinski definition) is 0. The Kier molecular flexibility index (Phi) is 5.96. The molecule has 7 heteroatoms. The van der Waals surface area contributed by atoms with Crippen LogP contribution in [0.2, 0.25) is 10.0 Å². The van der Waals surface area contributed by atoms with Crippen LogP contribution >= 0.6 is 23.2 Å². The molecule has 32 heavy (non-hydrogen) atoms. The van der Waals surface area contributed by atoms with Gasteiger partial charge in [0.05, 0.1) is 23.1 Å². The van der Waals surface area contributed by atoms with E-state index in [0.717, 1.165) is 11.1 Å². The number of carbonyl (C=O) groups excluding carboxylic acids is 1. The van der Waals surface area contributed by atoms with E-state index in [-0.39, 0.29) is 22.1 Å². The Balaban J connectivity index is 1.91. The SMILES string of the molecule is COc1ccc(-c2oc3cc(C)c(C)cc3c(=O)c2OC(=O)c2ccc(Cl)cc2Cl)cc1. The minimum atomic E-state index is -0.795. The van der Waals surface area contributed by atoms with E-state index in [1.54, 1.807) is 43.5 Å². The first-order valence-electron chi connectivity index (χ1n) is 9.68. The summed E-state index contributed by atoms with van der Waals surface area (Å²) in [6.45, 7) is 3.82. The zero-order valence-electron chi connectivity index (χ0n) is 17.5. The molecular weight excluding hydrogens is 451 g/mol. The highest BCUT2D eigenvalue weighted by Gasteiger charge is 2.23. The number of halogens is 2. The van der Waals surface area contributed by atoms with Gasteiger partial charge in [-0.15, -0.1) is 0 Å². The minimum Gasteiger partial charge on any atom is -0.497 e. The molecule has 0 saturated heterocycles. The van der Waals surface area contributed by atoms with Gasteiger partial charge in [0.25, 0.3) is 0 Å². The van der Waals surface area contributed by atoms with Crippen LogP contribution in [0, 0.1) is 13.8 Å². The number of esters is 1. The lowest BCUT2D eigenvalue weighted by Gasteiger charge is -2.12. The summed E-state index contributed by atoms with van der Waals surface area (Å²) in [7, 11) is 1.55. The number of benzene rings is 3. The highest BCUT2D eigenvalue weighted by atomic mass is 35.5. The lowest BCUT2D eigenvalue weighted by Crippen LogP contribution is -2.17. The molecule has 3 aromatic carbocycles. The van der Waals surface area contributed by atoms with Crippen LogP contribution in [0.3, 0.4) is 0 Å². The van der Waals surface area contributed by atoms with Gasteiger partial charge in [-0.25, -0.2) is 4.79 Å².